The first kappa shape index (κ1) is 29.0. The maximum atomic E-state index is 13.6. The number of allylic oxidation sites excluding steroid dienone is 1. The van der Waals surface area contributed by atoms with Crippen molar-refractivity contribution < 1.29 is 8.78 Å². The highest BCUT2D eigenvalue weighted by atomic mass is 35.5. The zero-order chi connectivity index (χ0) is 28.2. The van der Waals surface area contributed by atoms with Crippen LogP contribution in [0.15, 0.2) is 65.9 Å². The molecule has 0 amide bonds. The van der Waals surface area contributed by atoms with Crippen molar-refractivity contribution in [3.63, 3.8) is 0 Å². The Kier molecular flexibility index (Phi) is 9.06. The van der Waals surface area contributed by atoms with E-state index in [2.05, 4.69) is 39.2 Å². The van der Waals surface area contributed by atoms with Crippen molar-refractivity contribution >= 4 is 45.9 Å². The van der Waals surface area contributed by atoms with Gasteiger partial charge in [0.2, 0.25) is 5.82 Å². The molecule has 0 spiro atoms. The molecule has 0 saturated carbocycles. The summed E-state index contributed by atoms with van der Waals surface area (Å²) in [6, 6.07) is 11.0. The van der Waals surface area contributed by atoms with E-state index in [4.69, 9.17) is 28.2 Å². The molecular weight excluding hydrogens is 531 g/mol. The van der Waals surface area contributed by atoms with Crippen LogP contribution in [0, 0.1) is 6.92 Å². The van der Waals surface area contributed by atoms with Crippen molar-refractivity contribution in [1.29, 1.82) is 0 Å². The number of alkyl halides is 2. The molecule has 0 saturated heterocycles. The van der Waals surface area contributed by atoms with Crippen molar-refractivity contribution in [2.45, 2.75) is 40.2 Å². The smallest absolute Gasteiger partial charge is 0.307 e. The molecule has 7 nitrogen and oxygen atoms in total. The van der Waals surface area contributed by atoms with E-state index in [0.29, 0.717) is 39.8 Å². The Balaban J connectivity index is 2.07. The molecule has 0 radical (unpaired) electrons. The zero-order valence-corrected chi connectivity index (χ0v) is 23.3. The number of hydrogen-bond donors (Lipinski definition) is 2. The van der Waals surface area contributed by atoms with E-state index in [9.17, 15) is 8.78 Å². The quantitative estimate of drug-likeness (QED) is 0.204. The Morgan fingerprint density at radius 3 is 2.42 bits per heavy atom. The van der Waals surface area contributed by atoms with Gasteiger partial charge in [-0.3, -0.25) is 4.99 Å². The highest BCUT2D eigenvalue weighted by molar-refractivity contribution is 6.32. The average molecular weight is 560 g/mol. The number of anilines is 1. The summed E-state index contributed by atoms with van der Waals surface area (Å²) in [5, 5.41) is 18.5. The van der Waals surface area contributed by atoms with Gasteiger partial charge in [-0.2, -0.15) is 13.6 Å². The van der Waals surface area contributed by atoms with E-state index in [1.807, 2.05) is 38.1 Å². The van der Waals surface area contributed by atoms with Crippen LogP contribution in [-0.4, -0.2) is 33.0 Å². The van der Waals surface area contributed by atoms with Crippen LogP contribution in [0.25, 0.3) is 11.3 Å². The van der Waals surface area contributed by atoms with E-state index in [-0.39, 0.29) is 6.54 Å². The molecule has 0 bridgehead atoms. The molecule has 2 N–H and O–H groups in total. The van der Waals surface area contributed by atoms with Crippen molar-refractivity contribution in [2.24, 2.45) is 4.99 Å². The van der Waals surface area contributed by atoms with Gasteiger partial charge in [0.25, 0.3) is 0 Å². The average Bonchev–Trinajstić information content (AvgIpc) is 3.32. The van der Waals surface area contributed by atoms with Crippen LogP contribution in [0.4, 0.5) is 14.5 Å². The standard InChI is InChI=1S/C27H29Cl2F2N7/c1-15-12-20(28)13-22(18(4)32-7)24(15)34-19(5)25(17(3)21-10-8-9-11-23(21)29)33-16(2)14-38-36-26(35-37-38)27(6,30)31/h8-13,32,34H,4-5,14H2,1-3,6-7H3/b25-17+,33-16?. The largest absolute Gasteiger partial charge is 0.388 e. The predicted molar refractivity (Wildman–Crippen MR) is 152 cm³/mol. The third kappa shape index (κ3) is 6.85. The second-order valence-corrected chi connectivity index (χ2v) is 9.65. The summed E-state index contributed by atoms with van der Waals surface area (Å²) in [6.07, 6.45) is 0. The van der Waals surface area contributed by atoms with Crippen LogP contribution in [-0.2, 0) is 12.5 Å². The number of nitrogens with zero attached hydrogens (tertiary/aromatic N) is 5. The third-order valence-electron chi connectivity index (χ3n) is 5.64. The lowest BCUT2D eigenvalue weighted by molar-refractivity contribution is 0.00741. The first-order valence-corrected chi connectivity index (χ1v) is 12.4. The number of hydrogen-bond acceptors (Lipinski definition) is 6. The fraction of sp³-hybridized carbons (Fsp3) is 0.259. The number of nitrogens with one attached hydrogen (secondary N) is 2. The van der Waals surface area contributed by atoms with E-state index in [0.717, 1.165) is 32.7 Å². The molecule has 0 fully saturated rings. The zero-order valence-electron chi connectivity index (χ0n) is 21.8. The third-order valence-corrected chi connectivity index (χ3v) is 6.19. The van der Waals surface area contributed by atoms with E-state index in [1.54, 1.807) is 26.1 Å². The molecule has 1 aromatic heterocycles. The van der Waals surface area contributed by atoms with Gasteiger partial charge in [0.05, 0.1) is 17.1 Å². The molecule has 3 aromatic rings. The maximum Gasteiger partial charge on any atom is 0.307 e. The minimum atomic E-state index is -3.20. The molecule has 3 rings (SSSR count). The number of halogens is 4. The minimum absolute atomic E-state index is 0.0391. The summed E-state index contributed by atoms with van der Waals surface area (Å²) in [6.45, 7) is 14.6. The van der Waals surface area contributed by atoms with Crippen LogP contribution in [0.3, 0.4) is 0 Å². The van der Waals surface area contributed by atoms with Gasteiger partial charge in [0.1, 0.15) is 6.54 Å². The highest BCUT2D eigenvalue weighted by Gasteiger charge is 2.30. The maximum absolute atomic E-state index is 13.6. The summed E-state index contributed by atoms with van der Waals surface area (Å²) < 4.78 is 27.1. The van der Waals surface area contributed by atoms with E-state index >= 15 is 0 Å². The lowest BCUT2D eigenvalue weighted by Crippen LogP contribution is -2.14. The molecule has 1 heterocycles. The lowest BCUT2D eigenvalue weighted by atomic mass is 10.0. The first-order valence-electron chi connectivity index (χ1n) is 11.6. The van der Waals surface area contributed by atoms with E-state index in [1.165, 1.54) is 0 Å². The SMILES string of the molecule is C=C(Nc1c(C)cc(Cl)cc1C(=C)NC)/C(N=C(C)Cn1nnc(C(C)(F)F)n1)=C(/C)c1ccccc1Cl. The van der Waals surface area contributed by atoms with Gasteiger partial charge in [0.15, 0.2) is 0 Å². The van der Waals surface area contributed by atoms with Crippen molar-refractivity contribution in [2.75, 3.05) is 12.4 Å². The fourth-order valence-corrected chi connectivity index (χ4v) is 4.23. The molecule has 0 aliphatic heterocycles. The summed E-state index contributed by atoms with van der Waals surface area (Å²) >= 11 is 12.8. The molecular formula is C27H29Cl2F2N7. The van der Waals surface area contributed by atoms with Gasteiger partial charge >= 0.3 is 5.92 Å². The number of rotatable bonds is 10. The van der Waals surface area contributed by atoms with Gasteiger partial charge < -0.3 is 10.6 Å². The van der Waals surface area contributed by atoms with Crippen LogP contribution < -0.4 is 10.6 Å². The van der Waals surface area contributed by atoms with Crippen molar-refractivity contribution in [3.8, 4) is 0 Å². The topological polar surface area (TPSA) is 80.0 Å². The monoisotopic (exact) mass is 559 g/mol. The second-order valence-electron chi connectivity index (χ2n) is 8.81. The van der Waals surface area contributed by atoms with Gasteiger partial charge in [-0.05, 0) is 60.9 Å². The van der Waals surface area contributed by atoms with Gasteiger partial charge in [-0.25, -0.2) is 0 Å². The number of tetrazole rings is 1. The van der Waals surface area contributed by atoms with E-state index < -0.39 is 11.7 Å². The summed E-state index contributed by atoms with van der Waals surface area (Å²) in [7, 11) is 1.77. The second kappa shape index (κ2) is 11.9. The summed E-state index contributed by atoms with van der Waals surface area (Å²) in [4.78, 5) is 5.87. The number of aromatic nitrogens is 4. The Morgan fingerprint density at radius 2 is 1.82 bits per heavy atom. The number of aryl methyl sites for hydroxylation is 1. The Morgan fingerprint density at radius 1 is 1.13 bits per heavy atom. The fourth-order valence-electron chi connectivity index (χ4n) is 3.68. The minimum Gasteiger partial charge on any atom is -0.388 e. The normalized spacial score (nSPS) is 12.7. The number of aliphatic imine (C=N–C) groups is 1. The van der Waals surface area contributed by atoms with Crippen LogP contribution in [0.5, 0.6) is 0 Å². The predicted octanol–water partition coefficient (Wildman–Crippen LogP) is 7.11. The lowest BCUT2D eigenvalue weighted by Gasteiger charge is -2.20. The molecule has 11 heteroatoms. The molecule has 0 aliphatic carbocycles. The number of benzene rings is 2. The Hall–Kier alpha value is -3.56. The van der Waals surface area contributed by atoms with Crippen molar-refractivity contribution in [1.82, 2.24) is 25.5 Å². The Bertz CT molecular complexity index is 1440. The molecule has 2 aromatic carbocycles. The highest BCUT2D eigenvalue weighted by Crippen LogP contribution is 2.34. The van der Waals surface area contributed by atoms with Crippen LogP contribution in [0.1, 0.15) is 43.3 Å². The van der Waals surface area contributed by atoms with Crippen molar-refractivity contribution in [3.05, 3.63) is 93.5 Å². The van der Waals surface area contributed by atoms with Gasteiger partial charge in [0, 0.05) is 41.0 Å². The molecule has 200 valence electrons. The molecule has 0 unspecified atom stereocenters. The molecule has 0 atom stereocenters. The van der Waals surface area contributed by atoms with Crippen LogP contribution >= 0.6 is 23.2 Å². The summed E-state index contributed by atoms with van der Waals surface area (Å²) in [5.74, 6) is -3.85. The molecule has 0 aliphatic rings. The molecule has 38 heavy (non-hydrogen) atoms. The summed E-state index contributed by atoms with van der Waals surface area (Å²) in [5.41, 5.74) is 6.10. The Labute approximate surface area is 231 Å². The van der Waals surface area contributed by atoms with Gasteiger partial charge in [-0.15, -0.1) is 10.2 Å². The van der Waals surface area contributed by atoms with Crippen LogP contribution in [0.2, 0.25) is 10.0 Å². The van der Waals surface area contributed by atoms with Gasteiger partial charge in [-0.1, -0.05) is 54.6 Å². The first-order chi connectivity index (χ1) is 17.8.